The maximum atomic E-state index is 13.1. The fourth-order valence-corrected chi connectivity index (χ4v) is 4.48. The second-order valence-corrected chi connectivity index (χ2v) is 9.04. The molecule has 1 fully saturated rings. The molecule has 0 unspecified atom stereocenters. The van der Waals surface area contributed by atoms with E-state index in [1.807, 2.05) is 66.7 Å². The van der Waals surface area contributed by atoms with Gasteiger partial charge in [0.2, 0.25) is 0 Å². The number of fused-ring (bicyclic) bond motifs is 1. The lowest BCUT2D eigenvalue weighted by atomic mass is 9.98. The summed E-state index contributed by atoms with van der Waals surface area (Å²) in [5.74, 6) is 2.09. The van der Waals surface area contributed by atoms with Crippen LogP contribution in [0.2, 0.25) is 0 Å². The van der Waals surface area contributed by atoms with Crippen molar-refractivity contribution in [2.75, 3.05) is 32.8 Å². The maximum Gasteiger partial charge on any atom is 0.196 e. The summed E-state index contributed by atoms with van der Waals surface area (Å²) in [7, 11) is 0. The number of carbonyl (C=O) groups excluding carboxylic acids is 1. The third kappa shape index (κ3) is 6.68. The predicted octanol–water partition coefficient (Wildman–Crippen LogP) is 6.21. The Kier molecular flexibility index (Phi) is 9.04. The highest BCUT2D eigenvalue weighted by molar-refractivity contribution is 6.14. The fourth-order valence-electron chi connectivity index (χ4n) is 4.48. The van der Waals surface area contributed by atoms with E-state index >= 15 is 0 Å². The topological polar surface area (TPSA) is 48.0 Å². The van der Waals surface area contributed by atoms with E-state index in [4.69, 9.17) is 14.2 Å². The lowest BCUT2D eigenvalue weighted by Gasteiger charge is -2.26. The van der Waals surface area contributed by atoms with Crippen LogP contribution in [-0.2, 0) is 6.61 Å². The zero-order valence-corrected chi connectivity index (χ0v) is 21.2. The van der Waals surface area contributed by atoms with Gasteiger partial charge in [-0.15, -0.1) is 12.4 Å². The second-order valence-electron chi connectivity index (χ2n) is 9.04. The van der Waals surface area contributed by atoms with Crippen LogP contribution in [-0.4, -0.2) is 43.5 Å². The van der Waals surface area contributed by atoms with Crippen molar-refractivity contribution in [3.63, 3.8) is 0 Å². The van der Waals surface area contributed by atoms with Crippen LogP contribution >= 0.6 is 12.4 Å². The van der Waals surface area contributed by atoms with Crippen molar-refractivity contribution in [2.24, 2.45) is 0 Å². The van der Waals surface area contributed by atoms with Crippen molar-refractivity contribution in [2.45, 2.75) is 25.9 Å². The Morgan fingerprint density at radius 2 is 1.61 bits per heavy atom. The summed E-state index contributed by atoms with van der Waals surface area (Å²) >= 11 is 0. The van der Waals surface area contributed by atoms with Gasteiger partial charge in [0, 0.05) is 18.2 Å². The molecule has 2 aliphatic heterocycles. The highest BCUT2D eigenvalue weighted by atomic mass is 35.5. The highest BCUT2D eigenvalue weighted by Gasteiger charge is 2.24. The van der Waals surface area contributed by atoms with Gasteiger partial charge >= 0.3 is 0 Å². The van der Waals surface area contributed by atoms with Gasteiger partial charge in [-0.2, -0.15) is 0 Å². The average molecular weight is 506 g/mol. The van der Waals surface area contributed by atoms with E-state index in [1.165, 1.54) is 32.4 Å². The van der Waals surface area contributed by atoms with Crippen LogP contribution in [0.3, 0.4) is 0 Å². The number of halogens is 1. The molecule has 188 valence electrons. The van der Waals surface area contributed by atoms with Gasteiger partial charge in [-0.3, -0.25) is 9.69 Å². The molecule has 0 atom stereocenters. The second kappa shape index (κ2) is 12.6. The number of carbonyl (C=O) groups is 1. The van der Waals surface area contributed by atoms with E-state index in [9.17, 15) is 4.79 Å². The first kappa shape index (κ1) is 25.8. The summed E-state index contributed by atoms with van der Waals surface area (Å²) in [5.41, 5.74) is 3.24. The number of ketones is 1. The third-order valence-electron chi connectivity index (χ3n) is 6.47. The van der Waals surface area contributed by atoms with Gasteiger partial charge in [0.1, 0.15) is 37.1 Å². The molecule has 6 heteroatoms. The molecule has 0 aliphatic carbocycles. The highest BCUT2D eigenvalue weighted by Crippen LogP contribution is 2.32. The minimum atomic E-state index is -0.0114. The number of benzene rings is 3. The Labute approximate surface area is 219 Å². The number of likely N-dealkylation sites (tertiary alicyclic amines) is 1. The molecule has 2 heterocycles. The standard InChI is InChI=1S/C30H31NO4.ClH/c32-30-25(19-23-9-11-26(12-10-23)33-18-17-31-15-5-2-6-16-31)22-35-29-20-27(13-14-28(29)30)34-21-24-7-3-1-4-8-24;/h1,3-4,7-14,19-20H,2,5-6,15-18,21-22H2;1H/b25-19+;. The van der Waals surface area contributed by atoms with Gasteiger partial charge in [-0.1, -0.05) is 48.9 Å². The molecule has 0 radical (unpaired) electrons. The van der Waals surface area contributed by atoms with E-state index in [-0.39, 0.29) is 24.8 Å². The van der Waals surface area contributed by atoms with Gasteiger partial charge < -0.3 is 14.2 Å². The number of rotatable bonds is 8. The number of nitrogens with zero attached hydrogens (tertiary/aromatic N) is 1. The number of ether oxygens (including phenoxy) is 3. The molecule has 3 aromatic rings. The first-order valence-electron chi connectivity index (χ1n) is 12.4. The van der Waals surface area contributed by atoms with Crippen LogP contribution in [0.4, 0.5) is 0 Å². The molecular formula is C30H32ClNO4. The zero-order chi connectivity index (χ0) is 23.9. The minimum Gasteiger partial charge on any atom is -0.492 e. The van der Waals surface area contributed by atoms with Gasteiger partial charge in [-0.05, 0) is 67.4 Å². The van der Waals surface area contributed by atoms with Crippen LogP contribution in [0.5, 0.6) is 17.2 Å². The Morgan fingerprint density at radius 3 is 2.39 bits per heavy atom. The smallest absolute Gasteiger partial charge is 0.196 e. The Hall–Kier alpha value is -3.28. The molecule has 0 amide bonds. The fraction of sp³-hybridized carbons (Fsp3) is 0.300. The van der Waals surface area contributed by atoms with Crippen LogP contribution in [0, 0.1) is 0 Å². The molecule has 0 aromatic heterocycles. The molecule has 0 N–H and O–H groups in total. The minimum absolute atomic E-state index is 0. The van der Waals surface area contributed by atoms with Crippen molar-refractivity contribution in [3.05, 3.63) is 95.1 Å². The van der Waals surface area contributed by atoms with Gasteiger partial charge in [0.15, 0.2) is 5.78 Å². The van der Waals surface area contributed by atoms with Crippen molar-refractivity contribution >= 4 is 24.3 Å². The van der Waals surface area contributed by atoms with Gasteiger partial charge in [-0.25, -0.2) is 0 Å². The first-order valence-corrected chi connectivity index (χ1v) is 12.4. The van der Waals surface area contributed by atoms with E-state index in [1.54, 1.807) is 12.1 Å². The Balaban J connectivity index is 0.00000304. The predicted molar refractivity (Wildman–Crippen MR) is 144 cm³/mol. The van der Waals surface area contributed by atoms with E-state index in [0.717, 1.165) is 23.4 Å². The SMILES string of the molecule is Cl.O=C1/C(=C/c2ccc(OCCN3CCCCC3)cc2)COc2cc(OCc3ccccc3)ccc21. The summed E-state index contributed by atoms with van der Waals surface area (Å²) in [5, 5.41) is 0. The molecule has 2 aliphatic rings. The number of piperidine rings is 1. The summed E-state index contributed by atoms with van der Waals surface area (Å²) in [6.45, 7) is 4.73. The lowest BCUT2D eigenvalue weighted by Crippen LogP contribution is -2.33. The van der Waals surface area contributed by atoms with E-state index in [0.29, 0.717) is 35.8 Å². The maximum absolute atomic E-state index is 13.1. The molecule has 3 aromatic carbocycles. The van der Waals surface area contributed by atoms with Crippen molar-refractivity contribution in [3.8, 4) is 17.2 Å². The van der Waals surface area contributed by atoms with Crippen molar-refractivity contribution in [1.29, 1.82) is 0 Å². The zero-order valence-electron chi connectivity index (χ0n) is 20.4. The van der Waals surface area contributed by atoms with Crippen molar-refractivity contribution in [1.82, 2.24) is 4.90 Å². The van der Waals surface area contributed by atoms with E-state index < -0.39 is 0 Å². The Morgan fingerprint density at radius 1 is 0.861 bits per heavy atom. The Bertz CT molecular complexity index is 1170. The molecule has 0 spiro atoms. The molecule has 36 heavy (non-hydrogen) atoms. The van der Waals surface area contributed by atoms with E-state index in [2.05, 4.69) is 4.90 Å². The largest absolute Gasteiger partial charge is 0.492 e. The normalized spacial score (nSPS) is 16.6. The molecule has 0 bridgehead atoms. The molecule has 5 nitrogen and oxygen atoms in total. The monoisotopic (exact) mass is 505 g/mol. The summed E-state index contributed by atoms with van der Waals surface area (Å²) in [6.07, 6.45) is 5.82. The van der Waals surface area contributed by atoms with Crippen LogP contribution in [0.1, 0.15) is 40.7 Å². The van der Waals surface area contributed by atoms with Crippen LogP contribution in [0.25, 0.3) is 6.08 Å². The third-order valence-corrected chi connectivity index (χ3v) is 6.47. The lowest BCUT2D eigenvalue weighted by molar-refractivity contribution is 0.100. The average Bonchev–Trinajstić information content (AvgIpc) is 2.91. The molecule has 0 saturated carbocycles. The summed E-state index contributed by atoms with van der Waals surface area (Å²) < 4.78 is 17.7. The number of hydrogen-bond acceptors (Lipinski definition) is 5. The summed E-state index contributed by atoms with van der Waals surface area (Å²) in [6, 6.07) is 23.3. The van der Waals surface area contributed by atoms with Gasteiger partial charge in [0.05, 0.1) is 5.56 Å². The summed E-state index contributed by atoms with van der Waals surface area (Å²) in [4.78, 5) is 15.5. The van der Waals surface area contributed by atoms with Crippen LogP contribution < -0.4 is 14.2 Å². The molecular weight excluding hydrogens is 474 g/mol. The van der Waals surface area contributed by atoms with Crippen LogP contribution in [0.15, 0.2) is 78.4 Å². The molecule has 1 saturated heterocycles. The number of hydrogen-bond donors (Lipinski definition) is 0. The number of Topliss-reactive ketones (excluding diaryl/α,β-unsaturated/α-hetero) is 1. The first-order chi connectivity index (χ1) is 17.2. The van der Waals surface area contributed by atoms with Crippen molar-refractivity contribution < 1.29 is 19.0 Å². The molecule has 5 rings (SSSR count). The quantitative estimate of drug-likeness (QED) is 0.340. The van der Waals surface area contributed by atoms with Gasteiger partial charge in [0.25, 0.3) is 0 Å².